The third-order valence-electron chi connectivity index (χ3n) is 2.67. The number of aliphatic hydroxyl groups is 1. The molecule has 2 rings (SSSR count). The summed E-state index contributed by atoms with van der Waals surface area (Å²) in [6.45, 7) is 2.84. The molecule has 0 fully saturated rings. The molecule has 2 heterocycles. The SMILES string of the molecule is CCc1cc(Cn2cc(CCO)nn2)n(C)n1. The predicted molar refractivity (Wildman–Crippen MR) is 62.5 cm³/mol. The van der Waals surface area contributed by atoms with Crippen molar-refractivity contribution in [3.05, 3.63) is 29.3 Å². The first-order valence-corrected chi connectivity index (χ1v) is 5.74. The third-order valence-corrected chi connectivity index (χ3v) is 2.67. The lowest BCUT2D eigenvalue weighted by molar-refractivity contribution is 0.298. The second-order valence-corrected chi connectivity index (χ2v) is 3.99. The van der Waals surface area contributed by atoms with Gasteiger partial charge in [-0.25, -0.2) is 4.68 Å². The molecule has 0 bridgehead atoms. The minimum atomic E-state index is 0.102. The summed E-state index contributed by atoms with van der Waals surface area (Å²) in [5.74, 6) is 0. The van der Waals surface area contributed by atoms with Gasteiger partial charge in [-0.2, -0.15) is 5.10 Å². The summed E-state index contributed by atoms with van der Waals surface area (Å²) in [5.41, 5.74) is 2.99. The van der Waals surface area contributed by atoms with Gasteiger partial charge in [-0.05, 0) is 12.5 Å². The first-order valence-electron chi connectivity index (χ1n) is 5.74. The maximum absolute atomic E-state index is 8.81. The Labute approximate surface area is 99.9 Å². The molecule has 0 radical (unpaired) electrons. The predicted octanol–water partition coefficient (Wildman–Crippen LogP) is 0.157. The van der Waals surface area contributed by atoms with Crippen molar-refractivity contribution in [2.45, 2.75) is 26.3 Å². The molecule has 0 aromatic carbocycles. The Bertz CT molecular complexity index is 488. The van der Waals surface area contributed by atoms with Crippen molar-refractivity contribution in [3.63, 3.8) is 0 Å². The van der Waals surface area contributed by atoms with E-state index in [0.29, 0.717) is 13.0 Å². The van der Waals surface area contributed by atoms with Crippen LogP contribution in [0.5, 0.6) is 0 Å². The van der Waals surface area contributed by atoms with Crippen LogP contribution in [0.15, 0.2) is 12.3 Å². The zero-order valence-corrected chi connectivity index (χ0v) is 10.2. The van der Waals surface area contributed by atoms with Crippen molar-refractivity contribution >= 4 is 0 Å². The Balaban J connectivity index is 2.10. The molecule has 0 atom stereocenters. The average molecular weight is 235 g/mol. The number of rotatable bonds is 5. The number of aliphatic hydroxyl groups excluding tert-OH is 1. The van der Waals surface area contributed by atoms with Crippen LogP contribution in [0.3, 0.4) is 0 Å². The molecule has 0 aliphatic rings. The molecule has 0 unspecified atom stereocenters. The molecule has 92 valence electrons. The lowest BCUT2D eigenvalue weighted by atomic mass is 10.3. The highest BCUT2D eigenvalue weighted by atomic mass is 16.3. The molecule has 0 aliphatic heterocycles. The van der Waals surface area contributed by atoms with Crippen molar-refractivity contribution in [1.82, 2.24) is 24.8 Å². The molecule has 6 nitrogen and oxygen atoms in total. The van der Waals surface area contributed by atoms with Crippen LogP contribution in [0.25, 0.3) is 0 Å². The monoisotopic (exact) mass is 235 g/mol. The standard InChI is InChI=1S/C11H17N5O/c1-3-9-6-11(15(2)13-9)8-16-7-10(4-5-17)12-14-16/h6-7,17H,3-5,8H2,1-2H3. The molecule has 6 heteroatoms. The van der Waals surface area contributed by atoms with E-state index in [1.165, 1.54) is 0 Å². The zero-order valence-electron chi connectivity index (χ0n) is 10.2. The van der Waals surface area contributed by atoms with Gasteiger partial charge >= 0.3 is 0 Å². The first-order chi connectivity index (χ1) is 8.22. The number of hydrogen-bond donors (Lipinski definition) is 1. The summed E-state index contributed by atoms with van der Waals surface area (Å²) in [6.07, 6.45) is 3.33. The zero-order chi connectivity index (χ0) is 12.3. The van der Waals surface area contributed by atoms with Crippen molar-refractivity contribution in [2.24, 2.45) is 7.05 Å². The van der Waals surface area contributed by atoms with E-state index in [-0.39, 0.29) is 6.61 Å². The third kappa shape index (κ3) is 2.71. The largest absolute Gasteiger partial charge is 0.396 e. The number of nitrogens with zero attached hydrogens (tertiary/aromatic N) is 5. The topological polar surface area (TPSA) is 68.8 Å². The lowest BCUT2D eigenvalue weighted by Gasteiger charge is -2.00. The van der Waals surface area contributed by atoms with Crippen LogP contribution in [0.4, 0.5) is 0 Å². The Hall–Kier alpha value is -1.69. The van der Waals surface area contributed by atoms with Gasteiger partial charge in [-0.1, -0.05) is 12.1 Å². The van der Waals surface area contributed by atoms with E-state index in [1.807, 2.05) is 17.9 Å². The summed E-state index contributed by atoms with van der Waals surface area (Å²) in [4.78, 5) is 0. The maximum Gasteiger partial charge on any atom is 0.0850 e. The van der Waals surface area contributed by atoms with Crippen molar-refractivity contribution < 1.29 is 5.11 Å². The summed E-state index contributed by atoms with van der Waals surface area (Å²) in [7, 11) is 1.93. The van der Waals surface area contributed by atoms with Crippen LogP contribution < -0.4 is 0 Å². The van der Waals surface area contributed by atoms with Gasteiger partial charge in [-0.3, -0.25) is 4.68 Å². The Morgan fingerprint density at radius 3 is 2.82 bits per heavy atom. The Kier molecular flexibility index (Phi) is 3.53. The molecule has 0 amide bonds. The fourth-order valence-corrected chi connectivity index (χ4v) is 1.70. The molecule has 1 N–H and O–H groups in total. The van der Waals surface area contributed by atoms with Gasteiger partial charge in [-0.15, -0.1) is 5.10 Å². The van der Waals surface area contributed by atoms with Crippen LogP contribution in [-0.4, -0.2) is 36.5 Å². The number of hydrogen-bond acceptors (Lipinski definition) is 4. The molecule has 0 spiro atoms. The maximum atomic E-state index is 8.81. The quantitative estimate of drug-likeness (QED) is 0.801. The minimum absolute atomic E-state index is 0.102. The lowest BCUT2D eigenvalue weighted by Crippen LogP contribution is -2.06. The van der Waals surface area contributed by atoms with Gasteiger partial charge in [0.05, 0.1) is 23.6 Å². The van der Waals surface area contributed by atoms with E-state index in [2.05, 4.69) is 28.4 Å². The fourth-order valence-electron chi connectivity index (χ4n) is 1.70. The fraction of sp³-hybridized carbons (Fsp3) is 0.545. The van der Waals surface area contributed by atoms with E-state index in [0.717, 1.165) is 23.5 Å². The van der Waals surface area contributed by atoms with Crippen LogP contribution in [0.1, 0.15) is 24.0 Å². The van der Waals surface area contributed by atoms with Gasteiger partial charge in [0, 0.05) is 26.3 Å². The second-order valence-electron chi connectivity index (χ2n) is 3.99. The summed E-state index contributed by atoms with van der Waals surface area (Å²) in [5, 5.41) is 21.2. The van der Waals surface area contributed by atoms with E-state index in [1.54, 1.807) is 4.68 Å². The van der Waals surface area contributed by atoms with Gasteiger partial charge in [0.25, 0.3) is 0 Å². The molecule has 0 aliphatic carbocycles. The highest BCUT2D eigenvalue weighted by Gasteiger charge is 2.06. The molecular weight excluding hydrogens is 218 g/mol. The van der Waals surface area contributed by atoms with Crippen LogP contribution in [0.2, 0.25) is 0 Å². The van der Waals surface area contributed by atoms with E-state index >= 15 is 0 Å². The van der Waals surface area contributed by atoms with E-state index in [9.17, 15) is 0 Å². The normalized spacial score (nSPS) is 11.0. The molecule has 0 saturated heterocycles. The van der Waals surface area contributed by atoms with Gasteiger partial charge in [0.2, 0.25) is 0 Å². The second kappa shape index (κ2) is 5.09. The van der Waals surface area contributed by atoms with Gasteiger partial charge < -0.3 is 5.11 Å². The van der Waals surface area contributed by atoms with E-state index < -0.39 is 0 Å². The molecule has 2 aromatic heterocycles. The Morgan fingerprint density at radius 1 is 1.35 bits per heavy atom. The van der Waals surface area contributed by atoms with Crippen LogP contribution in [0, 0.1) is 0 Å². The highest BCUT2D eigenvalue weighted by Crippen LogP contribution is 2.06. The molecule has 0 saturated carbocycles. The Morgan fingerprint density at radius 2 is 2.18 bits per heavy atom. The molecule has 17 heavy (non-hydrogen) atoms. The molecule has 2 aromatic rings. The summed E-state index contributed by atoms with van der Waals surface area (Å²) >= 11 is 0. The summed E-state index contributed by atoms with van der Waals surface area (Å²) < 4.78 is 3.63. The number of aryl methyl sites for hydroxylation is 2. The van der Waals surface area contributed by atoms with E-state index in [4.69, 9.17) is 5.11 Å². The van der Waals surface area contributed by atoms with Crippen LogP contribution >= 0.6 is 0 Å². The molecular formula is C11H17N5O. The van der Waals surface area contributed by atoms with Crippen molar-refractivity contribution in [3.8, 4) is 0 Å². The first kappa shape index (κ1) is 11.8. The minimum Gasteiger partial charge on any atom is -0.396 e. The smallest absolute Gasteiger partial charge is 0.0850 e. The van der Waals surface area contributed by atoms with Crippen molar-refractivity contribution in [2.75, 3.05) is 6.61 Å². The van der Waals surface area contributed by atoms with Gasteiger partial charge in [0.1, 0.15) is 0 Å². The average Bonchev–Trinajstić information content (AvgIpc) is 2.88. The summed E-state index contributed by atoms with van der Waals surface area (Å²) in [6, 6.07) is 2.08. The van der Waals surface area contributed by atoms with Crippen LogP contribution in [-0.2, 0) is 26.4 Å². The number of aromatic nitrogens is 5. The highest BCUT2D eigenvalue weighted by molar-refractivity contribution is 5.10. The van der Waals surface area contributed by atoms with Gasteiger partial charge in [0.15, 0.2) is 0 Å². The van der Waals surface area contributed by atoms with Crippen molar-refractivity contribution in [1.29, 1.82) is 0 Å².